The molecule has 1 aromatic heterocycles. The van der Waals surface area contributed by atoms with Crippen LogP contribution in [0.25, 0.3) is 27.5 Å². The molecule has 6 aromatic carbocycles. The van der Waals surface area contributed by atoms with Gasteiger partial charge < -0.3 is 14.4 Å². The molecular formula is C53H56BN3. The zero-order chi connectivity index (χ0) is 40.3. The Morgan fingerprint density at radius 3 is 1.70 bits per heavy atom. The SMILES string of the molecule is Cc1cc2c3c(c1)N1c4c(cccc4-n4c5ccc(C(C)(C)C)cc5c5cc(C(C)(C)C)cc1c54)B3c1ccc(C(C)(C)C)cc1N2c1cccc(C(C)(C)C)c1. The van der Waals surface area contributed by atoms with Crippen molar-refractivity contribution >= 4 is 79.0 Å². The van der Waals surface area contributed by atoms with Gasteiger partial charge in [0.2, 0.25) is 0 Å². The number of aromatic nitrogens is 1. The van der Waals surface area contributed by atoms with E-state index in [-0.39, 0.29) is 28.4 Å². The summed E-state index contributed by atoms with van der Waals surface area (Å²) in [6, 6.07) is 40.8. The predicted molar refractivity (Wildman–Crippen MR) is 248 cm³/mol. The molecule has 0 radical (unpaired) electrons. The van der Waals surface area contributed by atoms with Crippen molar-refractivity contribution in [2.45, 2.75) is 112 Å². The number of hydrogen-bond donors (Lipinski definition) is 0. The van der Waals surface area contributed by atoms with Crippen LogP contribution >= 0.6 is 0 Å². The lowest BCUT2D eigenvalue weighted by atomic mass is 9.33. The summed E-state index contributed by atoms with van der Waals surface area (Å²) in [6.07, 6.45) is 0. The summed E-state index contributed by atoms with van der Waals surface area (Å²) >= 11 is 0. The molecule has 0 atom stereocenters. The average Bonchev–Trinajstić information content (AvgIpc) is 3.46. The van der Waals surface area contributed by atoms with Crippen molar-refractivity contribution in [2.24, 2.45) is 0 Å². The highest BCUT2D eigenvalue weighted by atomic mass is 15.2. The molecule has 0 amide bonds. The molecule has 0 fully saturated rings. The molecule has 3 aliphatic heterocycles. The summed E-state index contributed by atoms with van der Waals surface area (Å²) in [5.74, 6) is 0. The van der Waals surface area contributed by atoms with Crippen molar-refractivity contribution < 1.29 is 0 Å². The molecule has 4 heterocycles. The molecule has 286 valence electrons. The number of para-hydroxylation sites is 1. The first kappa shape index (κ1) is 36.1. The molecule has 0 N–H and O–H groups in total. The molecule has 10 rings (SSSR count). The standard InChI is InChI=1S/C53H56BN3/c1-31-24-44-47-45(25-31)57-46-30-35(53(11,12)13)28-38-37-27-33(51(5,6)7)21-23-41(37)56(48(38)46)42-19-15-18-40(49(42)57)54(47)39-22-20-34(52(8,9)10)29-43(39)55(44)36-17-14-16-32(26-36)50(2,3)4/h14-30H,1-13H3. The van der Waals surface area contributed by atoms with Gasteiger partial charge in [0.05, 0.1) is 28.1 Å². The van der Waals surface area contributed by atoms with Gasteiger partial charge in [-0.1, -0.05) is 126 Å². The molecule has 3 nitrogen and oxygen atoms in total. The van der Waals surface area contributed by atoms with Crippen LogP contribution < -0.4 is 26.2 Å². The van der Waals surface area contributed by atoms with E-state index in [1.165, 1.54) is 106 Å². The lowest BCUT2D eigenvalue weighted by Crippen LogP contribution is -2.62. The highest BCUT2D eigenvalue weighted by molar-refractivity contribution is 7.00. The number of hydrogen-bond acceptors (Lipinski definition) is 2. The van der Waals surface area contributed by atoms with Crippen LogP contribution in [0.4, 0.5) is 34.1 Å². The van der Waals surface area contributed by atoms with Crippen LogP contribution in [0.15, 0.2) is 103 Å². The Kier molecular flexibility index (Phi) is 7.27. The average molecular weight is 746 g/mol. The van der Waals surface area contributed by atoms with Crippen molar-refractivity contribution in [3.8, 4) is 5.69 Å². The molecule has 0 unspecified atom stereocenters. The van der Waals surface area contributed by atoms with E-state index >= 15 is 0 Å². The van der Waals surface area contributed by atoms with E-state index in [0.717, 1.165) is 0 Å². The second-order valence-electron chi connectivity index (χ2n) is 21.3. The van der Waals surface area contributed by atoms with Crippen LogP contribution in [-0.2, 0) is 21.7 Å². The molecule has 4 heteroatoms. The van der Waals surface area contributed by atoms with Crippen molar-refractivity contribution in [3.63, 3.8) is 0 Å². The zero-order valence-electron chi connectivity index (χ0n) is 36.2. The van der Waals surface area contributed by atoms with Gasteiger partial charge in [-0.2, -0.15) is 0 Å². The number of benzene rings is 6. The van der Waals surface area contributed by atoms with E-state index in [2.05, 4.69) is 208 Å². The minimum absolute atomic E-state index is 0.00343. The van der Waals surface area contributed by atoms with Gasteiger partial charge in [-0.15, -0.1) is 0 Å². The van der Waals surface area contributed by atoms with Crippen LogP contribution in [0, 0.1) is 6.92 Å². The summed E-state index contributed by atoms with van der Waals surface area (Å²) < 4.78 is 2.59. The molecule has 0 bridgehead atoms. The van der Waals surface area contributed by atoms with Gasteiger partial charge in [-0.25, -0.2) is 0 Å². The monoisotopic (exact) mass is 745 g/mol. The molecule has 0 spiro atoms. The van der Waals surface area contributed by atoms with Crippen molar-refractivity contribution in [1.82, 2.24) is 4.57 Å². The normalized spacial score (nSPS) is 14.6. The second kappa shape index (κ2) is 11.5. The van der Waals surface area contributed by atoms with Gasteiger partial charge >= 0.3 is 0 Å². The van der Waals surface area contributed by atoms with Gasteiger partial charge in [-0.3, -0.25) is 0 Å². The van der Waals surface area contributed by atoms with Crippen LogP contribution in [0.1, 0.15) is 111 Å². The lowest BCUT2D eigenvalue weighted by molar-refractivity contribution is 0.590. The summed E-state index contributed by atoms with van der Waals surface area (Å²) in [4.78, 5) is 5.25. The first-order chi connectivity index (χ1) is 26.7. The quantitative estimate of drug-likeness (QED) is 0.155. The summed E-state index contributed by atoms with van der Waals surface area (Å²) in [5, 5.41) is 2.66. The number of anilines is 6. The number of rotatable bonds is 1. The van der Waals surface area contributed by atoms with Crippen LogP contribution in [0.5, 0.6) is 0 Å². The van der Waals surface area contributed by atoms with Gasteiger partial charge in [0.25, 0.3) is 6.71 Å². The van der Waals surface area contributed by atoms with Gasteiger partial charge in [0.15, 0.2) is 0 Å². The lowest BCUT2D eigenvalue weighted by Gasteiger charge is -2.46. The first-order valence-corrected chi connectivity index (χ1v) is 21.0. The fourth-order valence-electron chi connectivity index (χ4n) is 9.89. The van der Waals surface area contributed by atoms with Crippen LogP contribution in [-0.4, -0.2) is 11.3 Å². The Morgan fingerprint density at radius 2 is 1.02 bits per heavy atom. The fraction of sp³-hybridized carbons (Fsp3) is 0.321. The Hall–Kier alpha value is -5.22. The number of aryl methyl sites for hydroxylation is 1. The third-order valence-electron chi connectivity index (χ3n) is 13.1. The molecule has 7 aromatic rings. The molecular weight excluding hydrogens is 689 g/mol. The zero-order valence-corrected chi connectivity index (χ0v) is 36.2. The van der Waals surface area contributed by atoms with Crippen LogP contribution in [0.2, 0.25) is 0 Å². The maximum absolute atomic E-state index is 2.66. The van der Waals surface area contributed by atoms with Crippen molar-refractivity contribution in [3.05, 3.63) is 131 Å². The third kappa shape index (κ3) is 5.18. The van der Waals surface area contributed by atoms with E-state index in [1.54, 1.807) is 0 Å². The van der Waals surface area contributed by atoms with E-state index in [1.807, 2.05) is 0 Å². The fourth-order valence-corrected chi connectivity index (χ4v) is 9.89. The first-order valence-electron chi connectivity index (χ1n) is 21.0. The van der Waals surface area contributed by atoms with E-state index in [4.69, 9.17) is 0 Å². The molecule has 0 aliphatic carbocycles. The molecule has 0 saturated heterocycles. The van der Waals surface area contributed by atoms with Gasteiger partial charge in [-0.05, 0) is 133 Å². The van der Waals surface area contributed by atoms with Gasteiger partial charge in [0, 0.05) is 33.5 Å². The molecule has 0 saturated carbocycles. The highest BCUT2D eigenvalue weighted by Gasteiger charge is 2.46. The Bertz CT molecular complexity index is 2860. The minimum Gasteiger partial charge on any atom is -0.311 e. The highest BCUT2D eigenvalue weighted by Crippen LogP contribution is 2.54. The topological polar surface area (TPSA) is 11.4 Å². The summed E-state index contributed by atoms with van der Waals surface area (Å²) in [6.45, 7) is 30.4. The third-order valence-corrected chi connectivity index (χ3v) is 13.1. The number of nitrogens with zero attached hydrogens (tertiary/aromatic N) is 3. The Balaban J connectivity index is 1.35. The smallest absolute Gasteiger partial charge is 0.252 e. The maximum atomic E-state index is 2.66. The maximum Gasteiger partial charge on any atom is 0.252 e. The number of fused-ring (bicyclic) bond motifs is 9. The van der Waals surface area contributed by atoms with E-state index in [9.17, 15) is 0 Å². The van der Waals surface area contributed by atoms with Crippen molar-refractivity contribution in [2.75, 3.05) is 9.80 Å². The summed E-state index contributed by atoms with van der Waals surface area (Å²) in [7, 11) is 0. The molecule has 3 aliphatic rings. The second-order valence-corrected chi connectivity index (χ2v) is 21.3. The largest absolute Gasteiger partial charge is 0.311 e. The van der Waals surface area contributed by atoms with E-state index < -0.39 is 0 Å². The Morgan fingerprint density at radius 1 is 0.439 bits per heavy atom. The predicted octanol–water partition coefficient (Wildman–Crippen LogP) is 12.7. The van der Waals surface area contributed by atoms with Crippen molar-refractivity contribution in [1.29, 1.82) is 0 Å². The van der Waals surface area contributed by atoms with Gasteiger partial charge in [0.1, 0.15) is 0 Å². The minimum atomic E-state index is -0.0382. The Labute approximate surface area is 340 Å². The van der Waals surface area contributed by atoms with E-state index in [0.29, 0.717) is 0 Å². The molecule has 57 heavy (non-hydrogen) atoms. The van der Waals surface area contributed by atoms with Crippen LogP contribution in [0.3, 0.4) is 0 Å². The summed E-state index contributed by atoms with van der Waals surface area (Å²) in [5.41, 5.74) is 22.3.